The third kappa shape index (κ3) is 5.50. The maximum atomic E-state index is 12.9. The Kier molecular flexibility index (Phi) is 7.42. The molecule has 2 heterocycles. The predicted molar refractivity (Wildman–Crippen MR) is 116 cm³/mol. The van der Waals surface area contributed by atoms with Gasteiger partial charge < -0.3 is 19.8 Å². The molecule has 0 bridgehead atoms. The van der Waals surface area contributed by atoms with E-state index >= 15 is 0 Å². The number of carbonyl (C=O) groups excluding carboxylic acids is 1. The molecule has 1 aromatic carbocycles. The minimum Gasteiger partial charge on any atom is -0.490 e. The van der Waals surface area contributed by atoms with Gasteiger partial charge in [-0.15, -0.1) is 0 Å². The van der Waals surface area contributed by atoms with Crippen molar-refractivity contribution in [2.75, 3.05) is 13.2 Å². The van der Waals surface area contributed by atoms with Gasteiger partial charge in [-0.1, -0.05) is 6.07 Å². The number of aromatic amines is 1. The topological polar surface area (TPSA) is 115 Å². The second kappa shape index (κ2) is 10.4. The molecule has 2 aromatic heterocycles. The molecule has 0 aliphatic rings. The Hall–Kier alpha value is -3.62. The SMILES string of the molecule is CCOc1cc2[nH]c(=O)n(CCCC(=O)NCc3cccnc3)c(=O)c2cc1OCC. The van der Waals surface area contributed by atoms with E-state index in [2.05, 4.69) is 15.3 Å². The van der Waals surface area contributed by atoms with Crippen molar-refractivity contribution < 1.29 is 14.3 Å². The van der Waals surface area contributed by atoms with Crippen molar-refractivity contribution in [3.63, 3.8) is 0 Å². The number of amides is 1. The third-order valence-electron chi connectivity index (χ3n) is 4.64. The lowest BCUT2D eigenvalue weighted by Gasteiger charge is -2.13. The van der Waals surface area contributed by atoms with E-state index in [0.717, 1.165) is 10.1 Å². The molecule has 9 heteroatoms. The number of ether oxygens (including phenoxy) is 2. The van der Waals surface area contributed by atoms with E-state index in [4.69, 9.17) is 9.47 Å². The lowest BCUT2D eigenvalue weighted by atomic mass is 10.2. The van der Waals surface area contributed by atoms with E-state index in [9.17, 15) is 14.4 Å². The Labute approximate surface area is 179 Å². The molecule has 1 amide bonds. The molecule has 0 radical (unpaired) electrons. The van der Waals surface area contributed by atoms with E-state index in [1.807, 2.05) is 19.9 Å². The standard InChI is InChI=1S/C22H26N4O5/c1-3-30-18-11-16-17(12-19(18)31-4-2)25-22(29)26(21(16)28)10-6-8-20(27)24-14-15-7-5-9-23-13-15/h5,7,9,11-13H,3-4,6,8,10,14H2,1-2H3,(H,24,27)(H,25,29). The minimum absolute atomic E-state index is 0.127. The fourth-order valence-corrected chi connectivity index (χ4v) is 3.19. The molecular weight excluding hydrogens is 400 g/mol. The van der Waals surface area contributed by atoms with Crippen molar-refractivity contribution in [3.8, 4) is 11.5 Å². The number of pyridine rings is 1. The fraction of sp³-hybridized carbons (Fsp3) is 0.364. The fourth-order valence-electron chi connectivity index (χ4n) is 3.19. The summed E-state index contributed by atoms with van der Waals surface area (Å²) in [5, 5.41) is 3.13. The van der Waals surface area contributed by atoms with Crippen LogP contribution in [0.4, 0.5) is 0 Å². The summed E-state index contributed by atoms with van der Waals surface area (Å²) >= 11 is 0. The Morgan fingerprint density at radius 2 is 1.90 bits per heavy atom. The van der Waals surface area contributed by atoms with Crippen LogP contribution >= 0.6 is 0 Å². The number of hydrogen-bond donors (Lipinski definition) is 2. The molecule has 0 aliphatic carbocycles. The first-order valence-corrected chi connectivity index (χ1v) is 10.3. The van der Waals surface area contributed by atoms with Gasteiger partial charge in [-0.3, -0.25) is 19.1 Å². The molecular formula is C22H26N4O5. The van der Waals surface area contributed by atoms with Gasteiger partial charge in [-0.05, 0) is 38.0 Å². The van der Waals surface area contributed by atoms with Gasteiger partial charge in [-0.25, -0.2) is 4.79 Å². The molecule has 9 nitrogen and oxygen atoms in total. The van der Waals surface area contributed by atoms with Crippen LogP contribution in [-0.2, 0) is 17.9 Å². The summed E-state index contributed by atoms with van der Waals surface area (Å²) < 4.78 is 12.2. The first-order chi connectivity index (χ1) is 15.0. The van der Waals surface area contributed by atoms with Crippen molar-refractivity contribution in [3.05, 3.63) is 63.1 Å². The van der Waals surface area contributed by atoms with E-state index in [-0.39, 0.29) is 18.9 Å². The lowest BCUT2D eigenvalue weighted by molar-refractivity contribution is -0.121. The number of aromatic nitrogens is 3. The maximum Gasteiger partial charge on any atom is 0.328 e. The number of H-pyrrole nitrogens is 1. The number of fused-ring (bicyclic) bond motifs is 1. The number of nitrogens with zero attached hydrogens (tertiary/aromatic N) is 2. The van der Waals surface area contributed by atoms with Crippen LogP contribution < -0.4 is 26.0 Å². The maximum absolute atomic E-state index is 12.9. The number of carbonyl (C=O) groups is 1. The van der Waals surface area contributed by atoms with Crippen LogP contribution in [-0.4, -0.2) is 33.7 Å². The smallest absolute Gasteiger partial charge is 0.328 e. The third-order valence-corrected chi connectivity index (χ3v) is 4.64. The molecule has 3 aromatic rings. The minimum atomic E-state index is -0.528. The summed E-state index contributed by atoms with van der Waals surface area (Å²) in [6.07, 6.45) is 3.89. The van der Waals surface area contributed by atoms with Gasteiger partial charge in [0.05, 0.1) is 24.1 Å². The Bertz CT molecular complexity index is 1150. The lowest BCUT2D eigenvalue weighted by Crippen LogP contribution is -2.35. The largest absolute Gasteiger partial charge is 0.490 e. The summed E-state index contributed by atoms with van der Waals surface area (Å²) in [6.45, 7) is 5.03. The normalized spacial score (nSPS) is 10.8. The predicted octanol–water partition coefficient (Wildman–Crippen LogP) is 1.98. The molecule has 0 saturated carbocycles. The zero-order valence-electron chi connectivity index (χ0n) is 17.6. The summed E-state index contributed by atoms with van der Waals surface area (Å²) in [5.41, 5.74) is 0.320. The zero-order valence-corrected chi connectivity index (χ0v) is 17.6. The van der Waals surface area contributed by atoms with Crippen molar-refractivity contribution in [1.29, 1.82) is 0 Å². The molecule has 31 heavy (non-hydrogen) atoms. The van der Waals surface area contributed by atoms with Gasteiger partial charge >= 0.3 is 5.69 Å². The molecule has 164 valence electrons. The van der Waals surface area contributed by atoms with Gasteiger partial charge in [0, 0.05) is 38.0 Å². The summed E-state index contributed by atoms with van der Waals surface area (Å²) in [6, 6.07) is 6.85. The van der Waals surface area contributed by atoms with Crippen LogP contribution in [0, 0.1) is 0 Å². The first-order valence-electron chi connectivity index (χ1n) is 10.3. The van der Waals surface area contributed by atoms with E-state index < -0.39 is 11.2 Å². The average Bonchev–Trinajstić information content (AvgIpc) is 2.76. The molecule has 0 atom stereocenters. The highest BCUT2D eigenvalue weighted by molar-refractivity contribution is 5.81. The Morgan fingerprint density at radius 1 is 1.16 bits per heavy atom. The summed E-state index contributed by atoms with van der Waals surface area (Å²) in [5.74, 6) is 0.756. The van der Waals surface area contributed by atoms with Crippen molar-refractivity contribution >= 4 is 16.8 Å². The Morgan fingerprint density at radius 3 is 2.58 bits per heavy atom. The van der Waals surface area contributed by atoms with E-state index in [1.54, 1.807) is 30.6 Å². The molecule has 0 spiro atoms. The Balaban J connectivity index is 1.71. The van der Waals surface area contributed by atoms with E-state index in [0.29, 0.717) is 48.6 Å². The quantitative estimate of drug-likeness (QED) is 0.512. The molecule has 0 fully saturated rings. The van der Waals surface area contributed by atoms with Crippen molar-refractivity contribution in [2.24, 2.45) is 0 Å². The van der Waals surface area contributed by atoms with Gasteiger partial charge in [0.25, 0.3) is 5.56 Å². The summed E-state index contributed by atoms with van der Waals surface area (Å²) in [4.78, 5) is 44.1. The van der Waals surface area contributed by atoms with Crippen molar-refractivity contribution in [1.82, 2.24) is 19.9 Å². The highest BCUT2D eigenvalue weighted by Gasteiger charge is 2.14. The van der Waals surface area contributed by atoms with Crippen LogP contribution in [0.15, 0.2) is 46.2 Å². The van der Waals surface area contributed by atoms with Crippen LogP contribution in [0.3, 0.4) is 0 Å². The number of benzene rings is 1. The van der Waals surface area contributed by atoms with Gasteiger partial charge in [0.2, 0.25) is 5.91 Å². The van der Waals surface area contributed by atoms with Crippen LogP contribution in [0.25, 0.3) is 10.9 Å². The number of hydrogen-bond acceptors (Lipinski definition) is 6. The first kappa shape index (κ1) is 22.1. The number of rotatable bonds is 10. The van der Waals surface area contributed by atoms with Gasteiger partial charge in [0.15, 0.2) is 11.5 Å². The summed E-state index contributed by atoms with van der Waals surface area (Å²) in [7, 11) is 0. The monoisotopic (exact) mass is 426 g/mol. The van der Waals surface area contributed by atoms with Crippen LogP contribution in [0.1, 0.15) is 32.3 Å². The molecule has 0 unspecified atom stereocenters. The highest BCUT2D eigenvalue weighted by atomic mass is 16.5. The van der Waals surface area contributed by atoms with Crippen molar-refractivity contribution in [2.45, 2.75) is 39.8 Å². The van der Waals surface area contributed by atoms with Crippen LogP contribution in [0.5, 0.6) is 11.5 Å². The molecule has 0 saturated heterocycles. The highest BCUT2D eigenvalue weighted by Crippen LogP contribution is 2.30. The molecule has 3 rings (SSSR count). The van der Waals surface area contributed by atoms with Gasteiger partial charge in [0.1, 0.15) is 0 Å². The second-order valence-electron chi connectivity index (χ2n) is 6.84. The molecule has 2 N–H and O–H groups in total. The number of nitrogens with one attached hydrogen (secondary N) is 2. The second-order valence-corrected chi connectivity index (χ2v) is 6.84. The molecule has 0 aliphatic heterocycles. The zero-order chi connectivity index (χ0) is 22.2. The van der Waals surface area contributed by atoms with Crippen LogP contribution in [0.2, 0.25) is 0 Å². The van der Waals surface area contributed by atoms with Gasteiger partial charge in [-0.2, -0.15) is 0 Å². The van der Waals surface area contributed by atoms with E-state index in [1.165, 1.54) is 0 Å². The average molecular weight is 426 g/mol.